The van der Waals surface area contributed by atoms with Crippen LogP contribution in [0.4, 0.5) is 5.69 Å². The molecule has 5 heteroatoms. The lowest BCUT2D eigenvalue weighted by molar-refractivity contribution is 0.102. The highest BCUT2D eigenvalue weighted by Crippen LogP contribution is 2.30. The highest BCUT2D eigenvalue weighted by atomic mass is 35.5. The largest absolute Gasteiger partial charge is 0.436 e. The van der Waals surface area contributed by atoms with Gasteiger partial charge in [-0.1, -0.05) is 55.8 Å². The molecular formula is C26H23ClN2O2. The number of carbonyl (C=O) groups is 1. The van der Waals surface area contributed by atoms with Gasteiger partial charge in [0, 0.05) is 21.8 Å². The van der Waals surface area contributed by atoms with E-state index in [1.807, 2.05) is 48.5 Å². The fourth-order valence-corrected chi connectivity index (χ4v) is 3.72. The summed E-state index contributed by atoms with van der Waals surface area (Å²) in [7, 11) is 0. The van der Waals surface area contributed by atoms with Crippen LogP contribution in [0.15, 0.2) is 77.3 Å². The number of anilines is 1. The summed E-state index contributed by atoms with van der Waals surface area (Å²) in [4.78, 5) is 17.7. The number of amides is 1. The summed E-state index contributed by atoms with van der Waals surface area (Å²) >= 11 is 5.97. The quantitative estimate of drug-likeness (QED) is 0.357. The number of hydrogen-bond acceptors (Lipinski definition) is 3. The van der Waals surface area contributed by atoms with Gasteiger partial charge in [-0.15, -0.1) is 0 Å². The van der Waals surface area contributed by atoms with Crippen molar-refractivity contribution in [1.29, 1.82) is 0 Å². The summed E-state index contributed by atoms with van der Waals surface area (Å²) in [5.74, 6) is 0.833. The summed E-state index contributed by atoms with van der Waals surface area (Å²) in [5, 5.41) is 3.79. The summed E-state index contributed by atoms with van der Waals surface area (Å²) < 4.78 is 5.99. The molecule has 0 spiro atoms. The van der Waals surface area contributed by atoms with Gasteiger partial charge in [0.15, 0.2) is 5.76 Å². The molecule has 0 aliphatic rings. The second kappa shape index (κ2) is 9.19. The molecule has 0 fully saturated rings. The van der Waals surface area contributed by atoms with Crippen LogP contribution in [-0.4, -0.2) is 10.9 Å². The van der Waals surface area contributed by atoms with Crippen molar-refractivity contribution in [2.45, 2.75) is 26.7 Å². The Hall–Kier alpha value is -3.37. The third-order valence-corrected chi connectivity index (χ3v) is 5.53. The fraction of sp³-hybridized carbons (Fsp3) is 0.154. The van der Waals surface area contributed by atoms with Crippen molar-refractivity contribution in [1.82, 2.24) is 4.98 Å². The zero-order valence-corrected chi connectivity index (χ0v) is 18.2. The average molecular weight is 431 g/mol. The van der Waals surface area contributed by atoms with Crippen LogP contribution in [0.5, 0.6) is 0 Å². The second-order valence-electron chi connectivity index (χ2n) is 7.19. The van der Waals surface area contributed by atoms with Crippen molar-refractivity contribution in [3.63, 3.8) is 0 Å². The van der Waals surface area contributed by atoms with Crippen molar-refractivity contribution in [2.24, 2.45) is 0 Å². The van der Waals surface area contributed by atoms with Crippen molar-refractivity contribution >= 4 is 23.2 Å². The van der Waals surface area contributed by atoms with Gasteiger partial charge < -0.3 is 9.73 Å². The van der Waals surface area contributed by atoms with E-state index in [-0.39, 0.29) is 5.91 Å². The molecule has 156 valence electrons. The van der Waals surface area contributed by atoms with E-state index >= 15 is 0 Å². The Kier molecular flexibility index (Phi) is 6.19. The minimum Gasteiger partial charge on any atom is -0.436 e. The zero-order valence-electron chi connectivity index (χ0n) is 17.5. The highest BCUT2D eigenvalue weighted by Gasteiger charge is 2.19. The number of nitrogens with one attached hydrogen (secondary N) is 1. The van der Waals surface area contributed by atoms with Crippen LogP contribution in [0, 0.1) is 0 Å². The van der Waals surface area contributed by atoms with Crippen molar-refractivity contribution in [3.05, 3.63) is 94.6 Å². The van der Waals surface area contributed by atoms with Gasteiger partial charge in [-0.3, -0.25) is 4.79 Å². The predicted molar refractivity (Wildman–Crippen MR) is 126 cm³/mol. The second-order valence-corrected chi connectivity index (χ2v) is 7.63. The SMILES string of the molecule is CCc1cccc(CC)c1NC(=O)c1ccccc1-c1ncc(-c2ccc(Cl)cc2)o1. The zero-order chi connectivity index (χ0) is 21.8. The molecule has 0 aliphatic heterocycles. The lowest BCUT2D eigenvalue weighted by Gasteiger charge is -2.15. The summed E-state index contributed by atoms with van der Waals surface area (Å²) in [6, 6.07) is 20.8. The van der Waals surface area contributed by atoms with Crippen LogP contribution in [0.1, 0.15) is 35.3 Å². The van der Waals surface area contributed by atoms with E-state index in [0.29, 0.717) is 27.8 Å². The molecule has 4 aromatic rings. The molecule has 0 saturated heterocycles. The standard InChI is InChI=1S/C26H23ClN2O2/c1-3-17-8-7-9-18(4-2)24(17)29-25(30)21-10-5-6-11-22(21)26-28-16-23(31-26)19-12-14-20(27)15-13-19/h5-16H,3-4H2,1-2H3,(H,29,30). The van der Waals surface area contributed by atoms with Crippen LogP contribution in [0.2, 0.25) is 5.02 Å². The fourth-order valence-electron chi connectivity index (χ4n) is 3.60. The van der Waals surface area contributed by atoms with Crippen LogP contribution >= 0.6 is 11.6 Å². The van der Waals surface area contributed by atoms with Crippen LogP contribution in [0.3, 0.4) is 0 Å². The Balaban J connectivity index is 1.67. The molecule has 0 radical (unpaired) electrons. The molecule has 1 N–H and O–H groups in total. The molecule has 0 bridgehead atoms. The number of aromatic nitrogens is 1. The molecule has 3 aromatic carbocycles. The summed E-state index contributed by atoms with van der Waals surface area (Å²) in [6.07, 6.45) is 3.35. The summed E-state index contributed by atoms with van der Waals surface area (Å²) in [5.41, 5.74) is 5.15. The molecule has 0 saturated carbocycles. The van der Waals surface area contributed by atoms with Crippen molar-refractivity contribution in [3.8, 4) is 22.8 Å². The Bertz CT molecular complexity index is 1190. The monoisotopic (exact) mass is 430 g/mol. The van der Waals surface area contributed by atoms with E-state index in [0.717, 1.165) is 35.2 Å². The smallest absolute Gasteiger partial charge is 0.256 e. The van der Waals surface area contributed by atoms with E-state index in [2.05, 4.69) is 24.1 Å². The molecular weight excluding hydrogens is 408 g/mol. The minimum atomic E-state index is -0.183. The maximum absolute atomic E-state index is 13.3. The van der Waals surface area contributed by atoms with E-state index in [1.165, 1.54) is 0 Å². The summed E-state index contributed by atoms with van der Waals surface area (Å²) in [6.45, 7) is 4.17. The molecule has 0 unspecified atom stereocenters. The molecule has 0 aliphatic carbocycles. The number of benzene rings is 3. The molecule has 1 amide bonds. The molecule has 31 heavy (non-hydrogen) atoms. The van der Waals surface area contributed by atoms with Crippen LogP contribution in [0.25, 0.3) is 22.8 Å². The van der Waals surface area contributed by atoms with Gasteiger partial charge in [0.25, 0.3) is 5.91 Å². The van der Waals surface area contributed by atoms with E-state index < -0.39 is 0 Å². The van der Waals surface area contributed by atoms with Gasteiger partial charge in [-0.2, -0.15) is 0 Å². The van der Waals surface area contributed by atoms with E-state index in [9.17, 15) is 4.79 Å². The Morgan fingerprint density at radius 1 is 0.935 bits per heavy atom. The first kappa shape index (κ1) is 20.9. The Morgan fingerprint density at radius 3 is 2.29 bits per heavy atom. The van der Waals surface area contributed by atoms with Gasteiger partial charge in [0.1, 0.15) is 0 Å². The number of hydrogen-bond donors (Lipinski definition) is 1. The number of halogens is 1. The molecule has 1 heterocycles. The van der Waals surface area contributed by atoms with Crippen molar-refractivity contribution in [2.75, 3.05) is 5.32 Å². The van der Waals surface area contributed by atoms with Gasteiger partial charge >= 0.3 is 0 Å². The third-order valence-electron chi connectivity index (χ3n) is 5.27. The lowest BCUT2D eigenvalue weighted by atomic mass is 10.0. The number of para-hydroxylation sites is 1. The number of aryl methyl sites for hydroxylation is 2. The molecule has 0 atom stereocenters. The van der Waals surface area contributed by atoms with E-state index in [1.54, 1.807) is 24.4 Å². The topological polar surface area (TPSA) is 55.1 Å². The first-order valence-electron chi connectivity index (χ1n) is 10.3. The van der Waals surface area contributed by atoms with Gasteiger partial charge in [-0.25, -0.2) is 4.98 Å². The van der Waals surface area contributed by atoms with Crippen LogP contribution in [-0.2, 0) is 12.8 Å². The van der Waals surface area contributed by atoms with Crippen LogP contribution < -0.4 is 5.32 Å². The first-order chi connectivity index (χ1) is 15.1. The third kappa shape index (κ3) is 4.39. The minimum absolute atomic E-state index is 0.183. The lowest BCUT2D eigenvalue weighted by Crippen LogP contribution is -2.16. The van der Waals surface area contributed by atoms with Crippen molar-refractivity contribution < 1.29 is 9.21 Å². The number of oxazole rings is 1. The van der Waals surface area contributed by atoms with Gasteiger partial charge in [-0.05, 0) is 60.4 Å². The molecule has 4 nitrogen and oxygen atoms in total. The normalized spacial score (nSPS) is 10.8. The Labute approximate surface area is 186 Å². The predicted octanol–water partition coefficient (Wildman–Crippen LogP) is 7.04. The molecule has 1 aromatic heterocycles. The number of carbonyl (C=O) groups excluding carboxylic acids is 1. The van der Waals surface area contributed by atoms with Gasteiger partial charge in [0.05, 0.1) is 11.8 Å². The van der Waals surface area contributed by atoms with Gasteiger partial charge in [0.2, 0.25) is 5.89 Å². The maximum atomic E-state index is 13.3. The Morgan fingerprint density at radius 2 is 1.61 bits per heavy atom. The number of rotatable bonds is 6. The molecule has 4 rings (SSSR count). The maximum Gasteiger partial charge on any atom is 0.256 e. The first-order valence-corrected chi connectivity index (χ1v) is 10.7. The average Bonchev–Trinajstić information content (AvgIpc) is 3.29. The number of nitrogens with zero attached hydrogens (tertiary/aromatic N) is 1. The van der Waals surface area contributed by atoms with E-state index in [4.69, 9.17) is 16.0 Å². The highest BCUT2D eigenvalue weighted by molar-refractivity contribution is 6.30.